The Bertz CT molecular complexity index is 366. The molecule has 1 aromatic rings. The van der Waals surface area contributed by atoms with E-state index in [4.69, 9.17) is 4.74 Å². The van der Waals surface area contributed by atoms with E-state index in [0.717, 1.165) is 12.8 Å². The number of hydrogen-bond donors (Lipinski definition) is 1. The molecule has 5 heteroatoms. The summed E-state index contributed by atoms with van der Waals surface area (Å²) >= 11 is 0. The Hall–Kier alpha value is -1.65. The Balaban J connectivity index is 2.98. The van der Waals surface area contributed by atoms with Gasteiger partial charge in [0, 0.05) is 13.5 Å². The molecule has 0 saturated carbocycles. The molecule has 0 amide bonds. The number of nitrogens with zero attached hydrogens (tertiary/aromatic N) is 2. The molecule has 0 aromatic carbocycles. The second-order valence-corrected chi connectivity index (χ2v) is 3.38. The molecular weight excluding hydrogens is 206 g/mol. The highest BCUT2D eigenvalue weighted by molar-refractivity contribution is 6.00. The quantitative estimate of drug-likeness (QED) is 0.746. The van der Waals surface area contributed by atoms with E-state index in [1.54, 1.807) is 7.05 Å². The van der Waals surface area contributed by atoms with E-state index in [1.807, 2.05) is 6.92 Å². The first-order chi connectivity index (χ1) is 7.74. The van der Waals surface area contributed by atoms with Crippen molar-refractivity contribution >= 4 is 11.5 Å². The standard InChI is InChI=1S/C11H17N3O2/c1-4-5-6-8(15)9-10(12-2)11(16-3)14-7-13-9/h7,12H,4-6H2,1-3H3. The normalized spacial score (nSPS) is 9.94. The smallest absolute Gasteiger partial charge is 0.241 e. The zero-order valence-electron chi connectivity index (χ0n) is 9.91. The highest BCUT2D eigenvalue weighted by Crippen LogP contribution is 2.24. The van der Waals surface area contributed by atoms with Crippen molar-refractivity contribution in [2.45, 2.75) is 26.2 Å². The van der Waals surface area contributed by atoms with E-state index < -0.39 is 0 Å². The molecule has 0 aliphatic carbocycles. The molecule has 0 atom stereocenters. The average Bonchev–Trinajstić information content (AvgIpc) is 2.34. The van der Waals surface area contributed by atoms with Crippen LogP contribution in [0.3, 0.4) is 0 Å². The van der Waals surface area contributed by atoms with Crippen LogP contribution in [0.25, 0.3) is 0 Å². The molecule has 88 valence electrons. The fraction of sp³-hybridized carbons (Fsp3) is 0.545. The minimum Gasteiger partial charge on any atom is -0.479 e. The fourth-order valence-corrected chi connectivity index (χ4v) is 1.42. The van der Waals surface area contributed by atoms with Crippen LogP contribution in [-0.4, -0.2) is 29.9 Å². The fourth-order valence-electron chi connectivity index (χ4n) is 1.42. The van der Waals surface area contributed by atoms with Gasteiger partial charge in [0.05, 0.1) is 7.11 Å². The second kappa shape index (κ2) is 6.05. The van der Waals surface area contributed by atoms with Crippen LogP contribution in [0.4, 0.5) is 5.69 Å². The SMILES string of the molecule is CCCCC(=O)c1ncnc(OC)c1NC. The number of ketones is 1. The van der Waals surface area contributed by atoms with Gasteiger partial charge >= 0.3 is 0 Å². The van der Waals surface area contributed by atoms with Gasteiger partial charge in [-0.15, -0.1) is 0 Å². The topological polar surface area (TPSA) is 64.1 Å². The minimum absolute atomic E-state index is 0.0203. The average molecular weight is 223 g/mol. The number of methoxy groups -OCH3 is 1. The number of hydrogen-bond acceptors (Lipinski definition) is 5. The summed E-state index contributed by atoms with van der Waals surface area (Å²) in [7, 11) is 3.24. The molecule has 0 saturated heterocycles. The van der Waals surface area contributed by atoms with Crippen molar-refractivity contribution in [2.75, 3.05) is 19.5 Å². The molecule has 0 aliphatic rings. The van der Waals surface area contributed by atoms with E-state index in [2.05, 4.69) is 15.3 Å². The number of carbonyl (C=O) groups is 1. The lowest BCUT2D eigenvalue weighted by Crippen LogP contribution is -2.09. The van der Waals surface area contributed by atoms with Crippen molar-refractivity contribution in [3.8, 4) is 5.88 Å². The first kappa shape index (κ1) is 12.4. The van der Waals surface area contributed by atoms with Crippen molar-refractivity contribution in [3.05, 3.63) is 12.0 Å². The van der Waals surface area contributed by atoms with Gasteiger partial charge in [-0.3, -0.25) is 4.79 Å². The van der Waals surface area contributed by atoms with Gasteiger partial charge in [0.2, 0.25) is 5.88 Å². The first-order valence-corrected chi connectivity index (χ1v) is 5.34. The predicted octanol–water partition coefficient (Wildman–Crippen LogP) is 1.90. The predicted molar refractivity (Wildman–Crippen MR) is 62.0 cm³/mol. The molecule has 1 N–H and O–H groups in total. The third-order valence-electron chi connectivity index (χ3n) is 2.28. The molecule has 1 aromatic heterocycles. The molecule has 0 fully saturated rings. The van der Waals surface area contributed by atoms with Crippen LogP contribution < -0.4 is 10.1 Å². The van der Waals surface area contributed by atoms with Gasteiger partial charge < -0.3 is 10.1 Å². The van der Waals surface area contributed by atoms with Gasteiger partial charge in [0.15, 0.2) is 5.78 Å². The zero-order valence-corrected chi connectivity index (χ0v) is 9.91. The van der Waals surface area contributed by atoms with E-state index in [0.29, 0.717) is 23.7 Å². The van der Waals surface area contributed by atoms with Crippen molar-refractivity contribution in [3.63, 3.8) is 0 Å². The maximum Gasteiger partial charge on any atom is 0.241 e. The number of carbonyl (C=O) groups excluding carboxylic acids is 1. The van der Waals surface area contributed by atoms with Crippen molar-refractivity contribution < 1.29 is 9.53 Å². The van der Waals surface area contributed by atoms with E-state index in [9.17, 15) is 4.79 Å². The Kier molecular flexibility index (Phi) is 4.69. The lowest BCUT2D eigenvalue weighted by Gasteiger charge is -2.09. The summed E-state index contributed by atoms with van der Waals surface area (Å²) in [6.45, 7) is 2.05. The molecule has 1 rings (SSSR count). The van der Waals surface area contributed by atoms with Gasteiger partial charge in [-0.25, -0.2) is 4.98 Å². The van der Waals surface area contributed by atoms with Gasteiger partial charge in [0.1, 0.15) is 17.7 Å². The Morgan fingerprint density at radius 3 is 2.81 bits per heavy atom. The third-order valence-corrected chi connectivity index (χ3v) is 2.28. The largest absolute Gasteiger partial charge is 0.479 e. The van der Waals surface area contributed by atoms with Crippen LogP contribution >= 0.6 is 0 Å². The molecule has 0 spiro atoms. The van der Waals surface area contributed by atoms with Crippen LogP contribution in [0, 0.1) is 0 Å². The summed E-state index contributed by atoms with van der Waals surface area (Å²) in [5.74, 6) is 0.421. The zero-order chi connectivity index (χ0) is 12.0. The van der Waals surface area contributed by atoms with Crippen LogP contribution in [0.5, 0.6) is 5.88 Å². The monoisotopic (exact) mass is 223 g/mol. The summed E-state index contributed by atoms with van der Waals surface area (Å²) in [5, 5.41) is 2.90. The highest BCUT2D eigenvalue weighted by Gasteiger charge is 2.16. The number of rotatable bonds is 6. The number of unbranched alkanes of at least 4 members (excludes halogenated alkanes) is 1. The number of anilines is 1. The summed E-state index contributed by atoms with van der Waals surface area (Å²) in [4.78, 5) is 19.8. The maximum absolute atomic E-state index is 11.9. The molecule has 1 heterocycles. The molecule has 0 unspecified atom stereocenters. The number of nitrogens with one attached hydrogen (secondary N) is 1. The van der Waals surface area contributed by atoms with Gasteiger partial charge in [-0.05, 0) is 6.42 Å². The van der Waals surface area contributed by atoms with E-state index in [-0.39, 0.29) is 5.78 Å². The summed E-state index contributed by atoms with van der Waals surface area (Å²) in [6, 6.07) is 0. The lowest BCUT2D eigenvalue weighted by molar-refractivity contribution is 0.0975. The molecule has 16 heavy (non-hydrogen) atoms. The minimum atomic E-state index is 0.0203. The van der Waals surface area contributed by atoms with Gasteiger partial charge in [-0.1, -0.05) is 13.3 Å². The Labute approximate surface area is 95.3 Å². The maximum atomic E-state index is 11.9. The summed E-state index contributed by atoms with van der Waals surface area (Å²) < 4.78 is 5.07. The highest BCUT2D eigenvalue weighted by atomic mass is 16.5. The summed E-state index contributed by atoms with van der Waals surface area (Å²) in [5.41, 5.74) is 0.967. The van der Waals surface area contributed by atoms with Crippen LogP contribution in [0.2, 0.25) is 0 Å². The molecule has 0 radical (unpaired) electrons. The lowest BCUT2D eigenvalue weighted by atomic mass is 10.1. The second-order valence-electron chi connectivity index (χ2n) is 3.38. The Morgan fingerprint density at radius 2 is 2.25 bits per heavy atom. The van der Waals surface area contributed by atoms with Crippen molar-refractivity contribution in [2.24, 2.45) is 0 Å². The van der Waals surface area contributed by atoms with Crippen molar-refractivity contribution in [1.82, 2.24) is 9.97 Å². The van der Waals surface area contributed by atoms with Crippen LogP contribution in [0.1, 0.15) is 36.7 Å². The first-order valence-electron chi connectivity index (χ1n) is 5.34. The third kappa shape index (κ3) is 2.68. The number of aromatic nitrogens is 2. The molecule has 5 nitrogen and oxygen atoms in total. The Morgan fingerprint density at radius 1 is 1.50 bits per heavy atom. The van der Waals surface area contributed by atoms with Crippen molar-refractivity contribution in [1.29, 1.82) is 0 Å². The van der Waals surface area contributed by atoms with Gasteiger partial charge in [-0.2, -0.15) is 4.98 Å². The van der Waals surface area contributed by atoms with E-state index in [1.165, 1.54) is 13.4 Å². The molecular formula is C11H17N3O2. The number of Topliss-reactive ketones (excluding diaryl/α,β-unsaturated/α-hetero) is 1. The van der Waals surface area contributed by atoms with Crippen LogP contribution in [-0.2, 0) is 0 Å². The van der Waals surface area contributed by atoms with E-state index >= 15 is 0 Å². The molecule has 0 aliphatic heterocycles. The molecule has 0 bridgehead atoms. The van der Waals surface area contributed by atoms with Gasteiger partial charge in [0.25, 0.3) is 0 Å². The van der Waals surface area contributed by atoms with Crippen LogP contribution in [0.15, 0.2) is 6.33 Å². The summed E-state index contributed by atoms with van der Waals surface area (Å²) in [6.07, 6.45) is 3.71. The number of ether oxygens (including phenoxy) is 1.